The van der Waals surface area contributed by atoms with Crippen molar-refractivity contribution in [2.45, 2.75) is 117 Å². The van der Waals surface area contributed by atoms with Gasteiger partial charge in [-0.1, -0.05) is 13.8 Å². The number of fused-ring (bicyclic) bond motifs is 20. The van der Waals surface area contributed by atoms with Crippen LogP contribution in [-0.2, 0) is 47.7 Å². The Morgan fingerprint density at radius 2 is 1.08 bits per heavy atom. The van der Waals surface area contributed by atoms with Crippen molar-refractivity contribution in [2.24, 2.45) is 148 Å². The second-order valence-electron chi connectivity index (χ2n) is 24.0. The van der Waals surface area contributed by atoms with Crippen LogP contribution in [0.25, 0.3) is 0 Å². The van der Waals surface area contributed by atoms with Crippen LogP contribution in [0, 0.1) is 148 Å². The van der Waals surface area contributed by atoms with Gasteiger partial charge in [-0.25, -0.2) is 4.79 Å². The Balaban J connectivity index is 0.918. The lowest BCUT2D eigenvalue weighted by Crippen LogP contribution is -2.53. The van der Waals surface area contributed by atoms with Crippen molar-refractivity contribution in [2.75, 3.05) is 0 Å². The van der Waals surface area contributed by atoms with Crippen LogP contribution < -0.4 is 0 Å². The Hall–Kier alpha value is -2.98. The molecule has 60 heavy (non-hydrogen) atoms. The van der Waals surface area contributed by atoms with Gasteiger partial charge in [0.25, 0.3) is 0 Å². The van der Waals surface area contributed by atoms with Gasteiger partial charge in [0.2, 0.25) is 6.10 Å². The van der Waals surface area contributed by atoms with Gasteiger partial charge in [-0.15, -0.1) is 0 Å². The number of carboxylic acid groups (broad SMARTS) is 1. The number of cyclic esters (lactones) is 3. The first-order valence-electron chi connectivity index (χ1n) is 24.1. The minimum absolute atomic E-state index is 0.0132. The number of aliphatic carboxylic acids is 1. The molecule has 11 heteroatoms. The monoisotopic (exact) mass is 828 g/mol. The molecule has 1 N–H and O–H groups in total. The number of hydrogen-bond donors (Lipinski definition) is 1. The molecule has 12 aliphatic rings. The number of ether oxygens (including phenoxy) is 4. The first kappa shape index (κ1) is 38.7. The van der Waals surface area contributed by atoms with Crippen molar-refractivity contribution in [3.63, 3.8) is 0 Å². The molecule has 0 amide bonds. The molecule has 0 aromatic rings. The molecule has 10 bridgehead atoms. The van der Waals surface area contributed by atoms with Crippen molar-refractivity contribution in [3.05, 3.63) is 0 Å². The quantitative estimate of drug-likeness (QED) is 0.130. The van der Waals surface area contributed by atoms with Gasteiger partial charge in [0, 0.05) is 6.42 Å². The van der Waals surface area contributed by atoms with Gasteiger partial charge in [0.1, 0.15) is 11.7 Å². The lowest BCUT2D eigenvalue weighted by Gasteiger charge is -2.55. The van der Waals surface area contributed by atoms with E-state index in [1.807, 2.05) is 27.7 Å². The van der Waals surface area contributed by atoms with Crippen LogP contribution in [0.4, 0.5) is 0 Å². The molecule has 27 unspecified atom stereocenters. The standard InChI is InChI=1S/C49H64O11/c1-16-7-32(47(55)57-16)58-45(53)27-13-21-10-25(27)40(34-18(3)44(52)59-48(34)56)37(21)42-31-15-30(36-19-8-23(38(31)36)26(11-19)43(50)51)41(42)33-17(2)22-14-29(33)39-24-9-20(35(22)39)12-28(24)46(54)60-49(4,5)6/h16-42H,7-15H2,1-6H3,(H,50,51). The molecule has 12 fully saturated rings. The normalized spacial score (nSPS) is 57.0. The topological polar surface area (TPSA) is 160 Å². The van der Waals surface area contributed by atoms with Crippen LogP contribution in [0.2, 0.25) is 0 Å². The summed E-state index contributed by atoms with van der Waals surface area (Å²) in [5, 5.41) is 10.5. The van der Waals surface area contributed by atoms with Gasteiger partial charge in [0.05, 0.1) is 29.6 Å². The maximum absolute atomic E-state index is 14.1. The lowest BCUT2D eigenvalue weighted by molar-refractivity contribution is -0.168. The minimum atomic E-state index is -0.923. The molecule has 0 aromatic heterocycles. The highest BCUT2D eigenvalue weighted by molar-refractivity contribution is 5.96. The first-order chi connectivity index (χ1) is 28.5. The lowest BCUT2D eigenvalue weighted by atomic mass is 9.49. The Bertz CT molecular complexity index is 1940. The molecule has 10 aliphatic carbocycles. The van der Waals surface area contributed by atoms with Crippen molar-refractivity contribution in [1.29, 1.82) is 0 Å². The molecule has 10 saturated carbocycles. The molecule has 2 heterocycles. The maximum Gasteiger partial charge on any atom is 0.347 e. The molecule has 11 nitrogen and oxygen atoms in total. The summed E-state index contributed by atoms with van der Waals surface area (Å²) in [5.41, 5.74) is -0.515. The molecule has 0 aromatic carbocycles. The number of carbonyl (C=O) groups excluding carboxylic acids is 5. The van der Waals surface area contributed by atoms with Gasteiger partial charge in [0.15, 0.2) is 0 Å². The predicted octanol–water partition coefficient (Wildman–Crippen LogP) is 6.44. The van der Waals surface area contributed by atoms with Crippen LogP contribution in [0.5, 0.6) is 0 Å². The highest BCUT2D eigenvalue weighted by Crippen LogP contribution is 2.80. The van der Waals surface area contributed by atoms with E-state index in [-0.39, 0.29) is 59.4 Å². The van der Waals surface area contributed by atoms with Crippen molar-refractivity contribution in [3.8, 4) is 0 Å². The fourth-order valence-corrected chi connectivity index (χ4v) is 20.3. The number of carboxylic acids is 1. The van der Waals surface area contributed by atoms with Crippen LogP contribution in [0.15, 0.2) is 0 Å². The second kappa shape index (κ2) is 12.8. The van der Waals surface area contributed by atoms with E-state index in [0.29, 0.717) is 95.7 Å². The van der Waals surface area contributed by atoms with Crippen LogP contribution >= 0.6 is 0 Å². The molecule has 2 saturated heterocycles. The first-order valence-corrected chi connectivity index (χ1v) is 24.1. The van der Waals surface area contributed by atoms with Crippen LogP contribution in [0.3, 0.4) is 0 Å². The number of carbonyl (C=O) groups is 6. The summed E-state index contributed by atoms with van der Waals surface area (Å²) in [4.78, 5) is 80.5. The van der Waals surface area contributed by atoms with E-state index in [4.69, 9.17) is 18.9 Å². The second-order valence-corrected chi connectivity index (χ2v) is 24.0. The van der Waals surface area contributed by atoms with Crippen molar-refractivity contribution >= 4 is 35.8 Å². The van der Waals surface area contributed by atoms with E-state index < -0.39 is 59.3 Å². The highest BCUT2D eigenvalue weighted by atomic mass is 16.6. The third-order valence-corrected chi connectivity index (χ3v) is 21.1. The SMILES string of the molecule is CC1CC(OC(=O)C2CC3CC2C(C2C(=O)OC(=O)C2C)C3C2C3CC(C4C5CC(C(=O)O)C(C5)C34)C2C2C(C)C3CC2C2C4CC(CC4C(=O)OC(C)(C)C)C32)C(=O)O1. The van der Waals surface area contributed by atoms with Crippen molar-refractivity contribution in [1.82, 2.24) is 0 Å². The maximum atomic E-state index is 14.1. The molecule has 0 spiro atoms. The predicted molar refractivity (Wildman–Crippen MR) is 210 cm³/mol. The van der Waals surface area contributed by atoms with E-state index in [1.165, 1.54) is 6.42 Å². The summed E-state index contributed by atoms with van der Waals surface area (Å²) in [5.74, 6) is 2.78. The van der Waals surface area contributed by atoms with Gasteiger partial charge in [-0.2, -0.15) is 0 Å². The molecular formula is C49H64O11. The molecule has 0 radical (unpaired) electrons. The molecule has 27 atom stereocenters. The summed E-state index contributed by atoms with van der Waals surface area (Å²) >= 11 is 0. The van der Waals surface area contributed by atoms with Gasteiger partial charge >= 0.3 is 35.8 Å². The smallest absolute Gasteiger partial charge is 0.347 e. The number of rotatable bonds is 7. The Morgan fingerprint density at radius 1 is 0.550 bits per heavy atom. The fraction of sp³-hybridized carbons (Fsp3) is 0.878. The number of esters is 5. The van der Waals surface area contributed by atoms with Gasteiger partial charge < -0.3 is 24.1 Å². The third-order valence-electron chi connectivity index (χ3n) is 21.1. The fourth-order valence-electron chi connectivity index (χ4n) is 20.3. The third kappa shape index (κ3) is 5.07. The molecular weight excluding hydrogens is 765 g/mol. The Kier molecular flexibility index (Phi) is 8.26. The minimum Gasteiger partial charge on any atom is -0.481 e. The van der Waals surface area contributed by atoms with E-state index >= 15 is 0 Å². The van der Waals surface area contributed by atoms with Crippen LogP contribution in [-0.4, -0.2) is 58.7 Å². The van der Waals surface area contributed by atoms with Gasteiger partial charge in [-0.3, -0.25) is 24.0 Å². The summed E-state index contributed by atoms with van der Waals surface area (Å²) < 4.78 is 22.7. The molecule has 2 aliphatic heterocycles. The van der Waals surface area contributed by atoms with E-state index in [0.717, 1.165) is 38.5 Å². The zero-order valence-electron chi connectivity index (χ0n) is 36.0. The van der Waals surface area contributed by atoms with E-state index in [1.54, 1.807) is 6.92 Å². The van der Waals surface area contributed by atoms with E-state index in [2.05, 4.69) is 6.92 Å². The van der Waals surface area contributed by atoms with Crippen molar-refractivity contribution < 1.29 is 52.8 Å². The van der Waals surface area contributed by atoms with E-state index in [9.17, 15) is 33.9 Å². The zero-order chi connectivity index (χ0) is 41.7. The van der Waals surface area contributed by atoms with Gasteiger partial charge in [-0.05, 0) is 197 Å². The zero-order valence-corrected chi connectivity index (χ0v) is 36.0. The molecule has 326 valence electrons. The number of hydrogen-bond acceptors (Lipinski definition) is 10. The summed E-state index contributed by atoms with van der Waals surface area (Å²) in [6.45, 7) is 12.1. The Morgan fingerprint density at radius 3 is 1.68 bits per heavy atom. The largest absolute Gasteiger partial charge is 0.481 e. The average molecular weight is 829 g/mol. The molecule has 12 rings (SSSR count). The summed E-state index contributed by atoms with van der Waals surface area (Å²) in [7, 11) is 0. The average Bonchev–Trinajstić information content (AvgIpc) is 4.00. The summed E-state index contributed by atoms with van der Waals surface area (Å²) in [6, 6.07) is 0. The summed E-state index contributed by atoms with van der Waals surface area (Å²) in [6.07, 6.45) is 6.75. The van der Waals surface area contributed by atoms with Crippen LogP contribution in [0.1, 0.15) is 99.3 Å². The highest BCUT2D eigenvalue weighted by Gasteiger charge is 2.77. The Labute approximate surface area is 352 Å².